The second-order valence-corrected chi connectivity index (χ2v) is 3.50. The second-order valence-electron chi connectivity index (χ2n) is 3.50. The van der Waals surface area contributed by atoms with Gasteiger partial charge < -0.3 is 5.01 Å². The fourth-order valence-corrected chi connectivity index (χ4v) is 1.85. The molecule has 1 aliphatic heterocycles. The largest absolute Gasteiger partial charge is 0.314 e. The van der Waals surface area contributed by atoms with Crippen LogP contribution in [0.4, 0.5) is 0 Å². The molecule has 0 fully saturated rings. The molecule has 0 saturated carbocycles. The smallest absolute Gasteiger partial charge is 0.128 e. The normalized spacial score (nSPS) is 16.4. The molecule has 12 heavy (non-hydrogen) atoms. The van der Waals surface area contributed by atoms with Crippen molar-refractivity contribution >= 4 is 0 Å². The molecule has 0 unspecified atom stereocenters. The van der Waals surface area contributed by atoms with Gasteiger partial charge in [0.1, 0.15) is 5.82 Å². The summed E-state index contributed by atoms with van der Waals surface area (Å²) >= 11 is 0. The van der Waals surface area contributed by atoms with Crippen LogP contribution in [0.15, 0.2) is 0 Å². The van der Waals surface area contributed by atoms with Gasteiger partial charge in [-0.3, -0.25) is 0 Å². The minimum Gasteiger partial charge on any atom is -0.314 e. The Morgan fingerprint density at radius 2 is 2.08 bits per heavy atom. The Morgan fingerprint density at radius 3 is 2.75 bits per heavy atom. The first-order valence-electron chi connectivity index (χ1n) is 4.46. The Bertz CT molecular complexity index is 301. The fraction of sp³-hybridized carbons (Fsp3) is 0.667. The molecule has 0 saturated heterocycles. The Morgan fingerprint density at radius 1 is 1.33 bits per heavy atom. The van der Waals surface area contributed by atoms with Crippen molar-refractivity contribution in [1.82, 2.24) is 9.66 Å². The third-order valence-corrected chi connectivity index (χ3v) is 2.61. The van der Waals surface area contributed by atoms with E-state index in [1.54, 1.807) is 0 Å². The van der Waals surface area contributed by atoms with Crippen molar-refractivity contribution in [2.75, 3.05) is 18.6 Å². The first-order chi connectivity index (χ1) is 5.70. The van der Waals surface area contributed by atoms with Crippen LogP contribution in [0.25, 0.3) is 0 Å². The summed E-state index contributed by atoms with van der Waals surface area (Å²) in [4.78, 5) is 4.52. The summed E-state index contributed by atoms with van der Waals surface area (Å²) in [5.41, 5.74) is 2.45. The van der Waals surface area contributed by atoms with Gasteiger partial charge in [0.25, 0.3) is 0 Å². The van der Waals surface area contributed by atoms with Crippen molar-refractivity contribution in [3.8, 4) is 0 Å². The van der Waals surface area contributed by atoms with Crippen LogP contribution in [0, 0.1) is 13.8 Å². The highest BCUT2D eigenvalue weighted by molar-refractivity contribution is 5.18. The van der Waals surface area contributed by atoms with E-state index in [1.165, 1.54) is 23.6 Å². The van der Waals surface area contributed by atoms with Gasteiger partial charge in [0.15, 0.2) is 0 Å². The number of fused-ring (bicyclic) bond motifs is 1. The van der Waals surface area contributed by atoms with E-state index in [-0.39, 0.29) is 0 Å². The zero-order valence-corrected chi connectivity index (χ0v) is 7.96. The molecule has 0 atom stereocenters. The summed E-state index contributed by atoms with van der Waals surface area (Å²) in [5.74, 6) is 1.22. The molecule has 0 N–H and O–H groups in total. The van der Waals surface area contributed by atoms with Crippen LogP contribution in [-0.2, 0) is 6.42 Å². The molecule has 1 aliphatic rings. The van der Waals surface area contributed by atoms with Crippen molar-refractivity contribution in [2.45, 2.75) is 26.7 Å². The maximum absolute atomic E-state index is 4.52. The molecule has 1 aromatic rings. The maximum atomic E-state index is 4.52. The van der Waals surface area contributed by atoms with E-state index in [2.05, 4.69) is 35.6 Å². The van der Waals surface area contributed by atoms with E-state index >= 15 is 0 Å². The van der Waals surface area contributed by atoms with E-state index < -0.39 is 0 Å². The third-order valence-electron chi connectivity index (χ3n) is 2.61. The van der Waals surface area contributed by atoms with Crippen LogP contribution in [0.3, 0.4) is 0 Å². The monoisotopic (exact) mass is 165 g/mol. The molecule has 66 valence electrons. The SMILES string of the molecule is Cc1nc2n(c1C)N(C)CCC2. The van der Waals surface area contributed by atoms with Gasteiger partial charge in [0.05, 0.1) is 11.4 Å². The van der Waals surface area contributed by atoms with Crippen molar-refractivity contribution in [3.05, 3.63) is 17.2 Å². The van der Waals surface area contributed by atoms with Crippen molar-refractivity contribution < 1.29 is 0 Å². The maximum Gasteiger partial charge on any atom is 0.128 e. The minimum absolute atomic E-state index is 1.12. The van der Waals surface area contributed by atoms with Gasteiger partial charge in [-0.2, -0.15) is 0 Å². The molecule has 0 aliphatic carbocycles. The average Bonchev–Trinajstić information content (AvgIpc) is 2.29. The van der Waals surface area contributed by atoms with Crippen molar-refractivity contribution in [1.29, 1.82) is 0 Å². The number of aryl methyl sites for hydroxylation is 2. The van der Waals surface area contributed by atoms with Gasteiger partial charge in [0.2, 0.25) is 0 Å². The van der Waals surface area contributed by atoms with E-state index in [0.717, 1.165) is 13.0 Å². The number of imidazole rings is 1. The lowest BCUT2D eigenvalue weighted by molar-refractivity contribution is 0.528. The Hall–Kier alpha value is -0.990. The predicted molar refractivity (Wildman–Crippen MR) is 49.0 cm³/mol. The molecule has 2 heterocycles. The van der Waals surface area contributed by atoms with Gasteiger partial charge >= 0.3 is 0 Å². The van der Waals surface area contributed by atoms with Gasteiger partial charge in [-0.05, 0) is 20.3 Å². The van der Waals surface area contributed by atoms with E-state index in [1.807, 2.05) is 0 Å². The Balaban J connectivity index is 2.54. The lowest BCUT2D eigenvalue weighted by Crippen LogP contribution is -2.37. The molecule has 0 amide bonds. The predicted octanol–water partition coefficient (Wildman–Crippen LogP) is 1.01. The number of rotatable bonds is 0. The second kappa shape index (κ2) is 2.51. The Labute approximate surface area is 73.0 Å². The molecule has 3 heteroatoms. The van der Waals surface area contributed by atoms with E-state index in [4.69, 9.17) is 0 Å². The highest BCUT2D eigenvalue weighted by Gasteiger charge is 2.17. The summed E-state index contributed by atoms with van der Waals surface area (Å²) in [5, 5.41) is 2.24. The van der Waals surface area contributed by atoms with Crippen LogP contribution in [0.1, 0.15) is 23.6 Å². The minimum atomic E-state index is 1.12. The first kappa shape index (κ1) is 7.65. The molecule has 0 spiro atoms. The highest BCUT2D eigenvalue weighted by atomic mass is 15.6. The molecule has 3 nitrogen and oxygen atoms in total. The lowest BCUT2D eigenvalue weighted by atomic mass is 10.2. The van der Waals surface area contributed by atoms with Crippen LogP contribution < -0.4 is 5.01 Å². The lowest BCUT2D eigenvalue weighted by Gasteiger charge is -2.28. The Kier molecular flexibility index (Phi) is 1.60. The summed E-state index contributed by atoms with van der Waals surface area (Å²) in [7, 11) is 2.12. The molecule has 0 bridgehead atoms. The fourth-order valence-electron chi connectivity index (χ4n) is 1.85. The summed E-state index contributed by atoms with van der Waals surface area (Å²) in [6.45, 7) is 5.35. The van der Waals surface area contributed by atoms with E-state index in [0.29, 0.717) is 0 Å². The van der Waals surface area contributed by atoms with Crippen molar-refractivity contribution in [3.63, 3.8) is 0 Å². The summed E-state index contributed by atoms with van der Waals surface area (Å²) in [6.07, 6.45) is 2.35. The summed E-state index contributed by atoms with van der Waals surface area (Å²) in [6, 6.07) is 0. The average molecular weight is 165 g/mol. The number of hydrogen-bond acceptors (Lipinski definition) is 2. The van der Waals surface area contributed by atoms with Gasteiger partial charge in [0, 0.05) is 20.0 Å². The standard InChI is InChI=1S/C9H15N3/c1-7-8(2)12-9(10-7)5-4-6-11(12)3/h4-6H2,1-3H3. The zero-order chi connectivity index (χ0) is 8.72. The van der Waals surface area contributed by atoms with Crippen LogP contribution in [0.2, 0.25) is 0 Å². The molecule has 0 radical (unpaired) electrons. The van der Waals surface area contributed by atoms with Crippen molar-refractivity contribution in [2.24, 2.45) is 0 Å². The quantitative estimate of drug-likeness (QED) is 0.572. The molecule has 2 rings (SSSR count). The third kappa shape index (κ3) is 0.924. The molecule has 1 aromatic heterocycles. The number of nitrogens with zero attached hydrogens (tertiary/aromatic N) is 3. The van der Waals surface area contributed by atoms with E-state index in [9.17, 15) is 0 Å². The highest BCUT2D eigenvalue weighted by Crippen LogP contribution is 2.15. The molecular formula is C9H15N3. The molecule has 0 aromatic carbocycles. The zero-order valence-electron chi connectivity index (χ0n) is 7.96. The topological polar surface area (TPSA) is 21.1 Å². The number of aromatic nitrogens is 2. The van der Waals surface area contributed by atoms with Crippen LogP contribution in [-0.4, -0.2) is 23.3 Å². The summed E-state index contributed by atoms with van der Waals surface area (Å²) < 4.78 is 2.23. The molecular weight excluding hydrogens is 150 g/mol. The van der Waals surface area contributed by atoms with Gasteiger partial charge in [-0.25, -0.2) is 9.66 Å². The van der Waals surface area contributed by atoms with Crippen LogP contribution in [0.5, 0.6) is 0 Å². The van der Waals surface area contributed by atoms with Gasteiger partial charge in [-0.15, -0.1) is 0 Å². The number of hydrogen-bond donors (Lipinski definition) is 0. The first-order valence-corrected chi connectivity index (χ1v) is 4.46. The van der Waals surface area contributed by atoms with Crippen LogP contribution >= 0.6 is 0 Å². The van der Waals surface area contributed by atoms with Gasteiger partial charge in [-0.1, -0.05) is 0 Å².